The predicted octanol–water partition coefficient (Wildman–Crippen LogP) is 15.4. The lowest BCUT2D eigenvalue weighted by atomic mass is 10.1. The van der Waals surface area contributed by atoms with Crippen molar-refractivity contribution in [3.63, 3.8) is 0 Å². The molecule has 61 heavy (non-hydrogen) atoms. The summed E-state index contributed by atoms with van der Waals surface area (Å²) in [6.07, 6.45) is 25.4. The smallest absolute Gasteiger partial charge is 0.124 e. The molecule has 5 aromatic heterocycles. The number of pyridine rings is 2. The van der Waals surface area contributed by atoms with Crippen LogP contribution >= 0.6 is 22.7 Å². The number of anilines is 5. The average Bonchev–Trinajstić information content (AvgIpc) is 4.08. The Balaban J connectivity index is 1.12. The van der Waals surface area contributed by atoms with Gasteiger partial charge in [0, 0.05) is 61.4 Å². The molecule has 7 heteroatoms. The summed E-state index contributed by atoms with van der Waals surface area (Å²) in [5.74, 6) is 1.96. The largest absolute Gasteiger partial charge is 0.296 e. The molecule has 0 saturated carbocycles. The van der Waals surface area contributed by atoms with Crippen LogP contribution in [0.1, 0.15) is 23.1 Å². The maximum atomic E-state index is 4.41. The number of rotatable bonds is 13. The summed E-state index contributed by atoms with van der Waals surface area (Å²) in [5, 5.41) is 0. The van der Waals surface area contributed by atoms with Gasteiger partial charge in [-0.05, 0) is 127 Å². The van der Waals surface area contributed by atoms with Gasteiger partial charge in [-0.3, -0.25) is 24.3 Å². The number of allylic oxidation sites excluding steroid dienone is 10. The molecular weight excluding hydrogens is 783 g/mol. The maximum absolute atomic E-state index is 4.41. The van der Waals surface area contributed by atoms with E-state index in [-0.39, 0.29) is 0 Å². The van der Waals surface area contributed by atoms with E-state index in [0.29, 0.717) is 0 Å². The standard InChI is InChI=1S/C54H43N5S2/c1-3-4-7-13-40(2)49-26-27-52(60-49)43-21-24-46(25-22-43)58(48-34-38-56-39-35-48)54-31-30-53(59(54)44-17-10-6-11-18-44)57(47-32-36-55-37-33-47)45-19-12-16-42(20-23-45)51-29-28-50(61-51)41-14-8-5-9-15-41/h3-11,13-39H,2,12H2,1H3/b4-3-,13-7-. The number of hydrogen-bond acceptors (Lipinski definition) is 6. The fourth-order valence-corrected chi connectivity index (χ4v) is 9.44. The van der Waals surface area contributed by atoms with Gasteiger partial charge >= 0.3 is 0 Å². The van der Waals surface area contributed by atoms with Gasteiger partial charge in [-0.15, -0.1) is 22.7 Å². The Hall–Kier alpha value is -7.32. The first-order valence-corrected chi connectivity index (χ1v) is 21.9. The number of nitrogens with zero attached hydrogens (tertiary/aromatic N) is 5. The lowest BCUT2D eigenvalue weighted by Crippen LogP contribution is -2.21. The van der Waals surface area contributed by atoms with Crippen LogP contribution in [-0.4, -0.2) is 14.5 Å². The molecule has 0 bridgehead atoms. The van der Waals surface area contributed by atoms with Crippen LogP contribution in [0, 0.1) is 0 Å². The normalized spacial score (nSPS) is 12.7. The molecule has 9 rings (SSSR count). The van der Waals surface area contributed by atoms with Gasteiger partial charge in [0.2, 0.25) is 0 Å². The van der Waals surface area contributed by atoms with E-state index in [1.165, 1.54) is 25.8 Å². The summed E-state index contributed by atoms with van der Waals surface area (Å²) in [7, 11) is 0. The Kier molecular flexibility index (Phi) is 11.7. The third kappa shape index (κ3) is 8.57. The highest BCUT2D eigenvalue weighted by atomic mass is 32.1. The van der Waals surface area contributed by atoms with Crippen molar-refractivity contribution in [2.75, 3.05) is 9.80 Å². The van der Waals surface area contributed by atoms with Crippen LogP contribution in [0.25, 0.3) is 37.7 Å². The molecule has 0 fully saturated rings. The second-order valence-electron chi connectivity index (χ2n) is 14.3. The Morgan fingerprint density at radius 1 is 0.574 bits per heavy atom. The Morgan fingerprint density at radius 2 is 1.16 bits per heavy atom. The molecule has 296 valence electrons. The van der Waals surface area contributed by atoms with Crippen molar-refractivity contribution in [1.29, 1.82) is 0 Å². The first kappa shape index (κ1) is 39.2. The van der Waals surface area contributed by atoms with Gasteiger partial charge in [-0.25, -0.2) is 0 Å². The van der Waals surface area contributed by atoms with E-state index >= 15 is 0 Å². The summed E-state index contributed by atoms with van der Waals surface area (Å²) >= 11 is 3.58. The van der Waals surface area contributed by atoms with Gasteiger partial charge in [0.1, 0.15) is 11.6 Å². The summed E-state index contributed by atoms with van der Waals surface area (Å²) in [4.78, 5) is 18.3. The molecule has 1 aliphatic carbocycles. The lowest BCUT2D eigenvalue weighted by molar-refractivity contribution is 0.995. The molecule has 0 N–H and O–H groups in total. The zero-order valence-electron chi connectivity index (χ0n) is 33.8. The summed E-state index contributed by atoms with van der Waals surface area (Å²) < 4.78 is 2.34. The van der Waals surface area contributed by atoms with Gasteiger partial charge in [0.05, 0.1) is 11.4 Å². The highest BCUT2D eigenvalue weighted by Crippen LogP contribution is 2.44. The Morgan fingerprint density at radius 3 is 1.87 bits per heavy atom. The molecule has 0 aliphatic heterocycles. The van der Waals surface area contributed by atoms with Gasteiger partial charge < -0.3 is 0 Å². The number of thiophene rings is 2. The Bertz CT molecular complexity index is 2900. The number of para-hydroxylation sites is 1. The second-order valence-corrected chi connectivity index (χ2v) is 16.5. The molecule has 0 unspecified atom stereocenters. The fourth-order valence-electron chi connectivity index (χ4n) is 7.44. The lowest BCUT2D eigenvalue weighted by Gasteiger charge is -2.31. The van der Waals surface area contributed by atoms with Crippen LogP contribution in [-0.2, 0) is 0 Å². The molecule has 8 aromatic rings. The van der Waals surface area contributed by atoms with Gasteiger partial charge in [-0.2, -0.15) is 0 Å². The molecule has 1 aliphatic rings. The molecule has 5 nitrogen and oxygen atoms in total. The highest BCUT2D eigenvalue weighted by Gasteiger charge is 2.25. The molecule has 0 saturated heterocycles. The Labute approximate surface area is 365 Å². The number of hydrogen-bond donors (Lipinski definition) is 0. The van der Waals surface area contributed by atoms with Crippen LogP contribution < -0.4 is 9.80 Å². The maximum Gasteiger partial charge on any atom is 0.124 e. The first-order chi connectivity index (χ1) is 30.1. The van der Waals surface area contributed by atoms with Crippen molar-refractivity contribution < 1.29 is 0 Å². The van der Waals surface area contributed by atoms with Crippen LogP contribution in [0.4, 0.5) is 28.7 Å². The summed E-state index contributed by atoms with van der Waals surface area (Å²) in [6, 6.07) is 51.5. The van der Waals surface area contributed by atoms with E-state index in [1.54, 1.807) is 11.3 Å². The van der Waals surface area contributed by atoms with Crippen LogP contribution in [0.15, 0.2) is 231 Å². The molecular formula is C54H43N5S2. The third-order valence-electron chi connectivity index (χ3n) is 10.4. The van der Waals surface area contributed by atoms with Crippen molar-refractivity contribution in [2.45, 2.75) is 13.3 Å². The van der Waals surface area contributed by atoms with Crippen molar-refractivity contribution in [3.05, 3.63) is 241 Å². The predicted molar refractivity (Wildman–Crippen MR) is 260 cm³/mol. The topological polar surface area (TPSA) is 37.2 Å². The monoisotopic (exact) mass is 825 g/mol. The minimum absolute atomic E-state index is 0.777. The fraction of sp³-hybridized carbons (Fsp3) is 0.0370. The summed E-state index contributed by atoms with van der Waals surface area (Å²) in [6.45, 7) is 6.31. The molecule has 3 aromatic carbocycles. The zero-order valence-corrected chi connectivity index (χ0v) is 35.4. The minimum Gasteiger partial charge on any atom is -0.296 e. The van der Waals surface area contributed by atoms with E-state index in [2.05, 4.69) is 207 Å². The molecule has 0 radical (unpaired) electrons. The van der Waals surface area contributed by atoms with Crippen molar-refractivity contribution in [3.8, 4) is 26.6 Å². The molecule has 5 heterocycles. The minimum atomic E-state index is 0.777. The van der Waals surface area contributed by atoms with E-state index in [4.69, 9.17) is 0 Å². The van der Waals surface area contributed by atoms with Crippen molar-refractivity contribution >= 4 is 62.5 Å². The molecule has 0 atom stereocenters. The molecule has 0 spiro atoms. The average molecular weight is 826 g/mol. The zero-order chi connectivity index (χ0) is 41.4. The van der Waals surface area contributed by atoms with E-state index < -0.39 is 0 Å². The van der Waals surface area contributed by atoms with Crippen LogP contribution in [0.5, 0.6) is 0 Å². The first-order valence-electron chi connectivity index (χ1n) is 20.2. The van der Waals surface area contributed by atoms with Gasteiger partial charge in [-0.1, -0.05) is 110 Å². The van der Waals surface area contributed by atoms with Gasteiger partial charge in [0.25, 0.3) is 0 Å². The SMILES string of the molecule is C=C(/C=C\C=C/C)c1ccc(-c2ccc(N(c3ccncc3)c3ccc(N(C4=CCC=C(c5ccc(-c6ccccc6)s5)C=C4)c4ccncc4)n3-c3ccccc3)cc2)s1. The highest BCUT2D eigenvalue weighted by molar-refractivity contribution is 7.17. The van der Waals surface area contributed by atoms with Gasteiger partial charge in [0.15, 0.2) is 0 Å². The van der Waals surface area contributed by atoms with E-state index in [9.17, 15) is 0 Å². The number of benzene rings is 3. The quantitative estimate of drug-likeness (QED) is 0.109. The molecule has 0 amide bonds. The van der Waals surface area contributed by atoms with Crippen molar-refractivity contribution in [2.24, 2.45) is 0 Å². The summed E-state index contributed by atoms with van der Waals surface area (Å²) in [5.41, 5.74) is 9.73. The second kappa shape index (κ2) is 18.3. The van der Waals surface area contributed by atoms with E-state index in [1.807, 2.05) is 61.3 Å². The third-order valence-corrected chi connectivity index (χ3v) is 12.8. The van der Waals surface area contributed by atoms with E-state index in [0.717, 1.165) is 62.5 Å². The number of aromatic nitrogens is 3. The van der Waals surface area contributed by atoms with Crippen LogP contribution in [0.3, 0.4) is 0 Å². The van der Waals surface area contributed by atoms with Crippen LogP contribution in [0.2, 0.25) is 0 Å². The van der Waals surface area contributed by atoms with Crippen molar-refractivity contribution in [1.82, 2.24) is 14.5 Å².